The van der Waals surface area contributed by atoms with Crippen LogP contribution in [0.5, 0.6) is 0 Å². The van der Waals surface area contributed by atoms with Crippen LogP contribution in [0.25, 0.3) is 0 Å². The number of sulfone groups is 1. The second kappa shape index (κ2) is 2.59. The molecule has 0 radical (unpaired) electrons. The van der Waals surface area contributed by atoms with E-state index in [0.717, 1.165) is 11.8 Å². The zero-order valence-corrected chi connectivity index (χ0v) is 7.74. The fourth-order valence-electron chi connectivity index (χ4n) is 1.05. The minimum Gasteiger partial charge on any atom is -0.286 e. The van der Waals surface area contributed by atoms with Crippen LogP contribution in [0.4, 0.5) is 0 Å². The van der Waals surface area contributed by atoms with Gasteiger partial charge in [-0.15, -0.1) is 0 Å². The van der Waals surface area contributed by atoms with Gasteiger partial charge in [-0.2, -0.15) is 0 Å². The first-order valence-electron chi connectivity index (χ1n) is 3.63. The highest BCUT2D eigenvalue weighted by molar-refractivity contribution is 7.90. The average Bonchev–Trinajstić information content (AvgIpc) is 2.47. The van der Waals surface area contributed by atoms with Crippen LogP contribution in [0.15, 0.2) is 16.3 Å². The maximum Gasteiger partial charge on any atom is 0.247 e. The van der Waals surface area contributed by atoms with Gasteiger partial charge in [0.15, 0.2) is 0 Å². The van der Waals surface area contributed by atoms with Crippen LogP contribution in [0.2, 0.25) is 0 Å². The van der Waals surface area contributed by atoms with E-state index in [2.05, 4.69) is 15.0 Å². The maximum atomic E-state index is 11.1. The summed E-state index contributed by atoms with van der Waals surface area (Å²) in [4.78, 5) is 11.6. The van der Waals surface area contributed by atoms with E-state index in [1.165, 1.54) is 6.20 Å². The van der Waals surface area contributed by atoms with Crippen molar-refractivity contribution in [2.75, 3.05) is 6.26 Å². The van der Waals surface area contributed by atoms with Crippen molar-refractivity contribution in [3.8, 4) is 0 Å². The van der Waals surface area contributed by atoms with Crippen LogP contribution in [0, 0.1) is 0 Å². The molecular formula is C7H7N3O2S. The van der Waals surface area contributed by atoms with E-state index in [-0.39, 0.29) is 5.16 Å². The van der Waals surface area contributed by atoms with Gasteiger partial charge in [0.1, 0.15) is 0 Å². The molecular weight excluding hydrogens is 190 g/mol. The topological polar surface area (TPSA) is 72.3 Å². The summed E-state index contributed by atoms with van der Waals surface area (Å²) in [5.41, 5.74) is 1.47. The predicted octanol–water partition coefficient (Wildman–Crippen LogP) is -0.187. The highest BCUT2D eigenvalue weighted by Crippen LogP contribution is 2.12. The molecule has 1 aliphatic rings. The van der Waals surface area contributed by atoms with Gasteiger partial charge in [-0.3, -0.25) is 4.99 Å². The zero-order chi connectivity index (χ0) is 9.47. The molecule has 0 N–H and O–H groups in total. The van der Waals surface area contributed by atoms with Crippen molar-refractivity contribution in [3.63, 3.8) is 0 Å². The minimum atomic E-state index is -3.31. The number of rotatable bonds is 1. The Hall–Kier alpha value is -1.30. The first-order chi connectivity index (χ1) is 6.07. The van der Waals surface area contributed by atoms with E-state index < -0.39 is 9.84 Å². The summed E-state index contributed by atoms with van der Waals surface area (Å²) in [6.07, 6.45) is 4.15. The number of aromatic nitrogens is 2. The van der Waals surface area contributed by atoms with Gasteiger partial charge in [0, 0.05) is 24.2 Å². The second-order valence-electron chi connectivity index (χ2n) is 2.81. The van der Waals surface area contributed by atoms with Gasteiger partial charge < -0.3 is 0 Å². The second-order valence-corrected chi connectivity index (χ2v) is 4.71. The fourth-order valence-corrected chi connectivity index (χ4v) is 1.55. The minimum absolute atomic E-state index is 0.139. The molecule has 0 atom stereocenters. The summed E-state index contributed by atoms with van der Waals surface area (Å²) in [6, 6.07) is 0. The van der Waals surface area contributed by atoms with Crippen molar-refractivity contribution in [2.45, 2.75) is 11.7 Å². The predicted molar refractivity (Wildman–Crippen MR) is 46.4 cm³/mol. The van der Waals surface area contributed by atoms with Crippen LogP contribution in [0.3, 0.4) is 0 Å². The lowest BCUT2D eigenvalue weighted by Gasteiger charge is -1.98. The van der Waals surface area contributed by atoms with Gasteiger partial charge in [-0.1, -0.05) is 0 Å². The van der Waals surface area contributed by atoms with E-state index in [0.29, 0.717) is 12.2 Å². The molecule has 0 amide bonds. The fraction of sp³-hybridized carbons (Fsp3) is 0.286. The molecule has 0 spiro atoms. The Kier molecular flexibility index (Phi) is 1.66. The molecule has 2 heterocycles. The quantitative estimate of drug-likeness (QED) is 0.585. The summed E-state index contributed by atoms with van der Waals surface area (Å²) < 4.78 is 22.1. The van der Waals surface area contributed by atoms with Gasteiger partial charge >= 0.3 is 0 Å². The molecule has 2 rings (SSSR count). The van der Waals surface area contributed by atoms with Gasteiger partial charge in [0.05, 0.1) is 12.2 Å². The Balaban J connectivity index is 2.59. The van der Waals surface area contributed by atoms with E-state index in [1.54, 1.807) is 6.21 Å². The molecule has 0 saturated carbocycles. The van der Waals surface area contributed by atoms with Crippen molar-refractivity contribution in [3.05, 3.63) is 17.5 Å². The highest BCUT2D eigenvalue weighted by atomic mass is 32.2. The Labute approximate surface area is 75.5 Å². The van der Waals surface area contributed by atoms with Gasteiger partial charge in [0.2, 0.25) is 15.0 Å². The van der Waals surface area contributed by atoms with E-state index in [9.17, 15) is 8.42 Å². The van der Waals surface area contributed by atoms with Gasteiger partial charge in [-0.05, 0) is 0 Å². The van der Waals surface area contributed by atoms with E-state index >= 15 is 0 Å². The van der Waals surface area contributed by atoms with Crippen LogP contribution < -0.4 is 0 Å². The molecule has 0 saturated heterocycles. The molecule has 0 fully saturated rings. The maximum absolute atomic E-state index is 11.1. The lowest BCUT2D eigenvalue weighted by molar-refractivity contribution is 0.592. The number of aliphatic imine (C=N–C) groups is 1. The molecule has 68 valence electrons. The number of nitrogens with zero attached hydrogens (tertiary/aromatic N) is 3. The van der Waals surface area contributed by atoms with Crippen LogP contribution in [-0.2, 0) is 16.4 Å². The van der Waals surface area contributed by atoms with E-state index in [4.69, 9.17) is 0 Å². The summed E-state index contributed by atoms with van der Waals surface area (Å²) >= 11 is 0. The SMILES string of the molecule is CS(=O)(=O)c1ncc2c(n1)C=NC2. The van der Waals surface area contributed by atoms with Crippen molar-refractivity contribution < 1.29 is 8.42 Å². The standard InChI is InChI=1S/C7H7N3O2S/c1-13(11,12)7-9-3-5-2-8-4-6(5)10-7/h3-4H,2H2,1H3. The van der Waals surface area contributed by atoms with Crippen LogP contribution in [0.1, 0.15) is 11.3 Å². The van der Waals surface area contributed by atoms with Crippen molar-refractivity contribution in [1.29, 1.82) is 0 Å². The molecule has 13 heavy (non-hydrogen) atoms. The third kappa shape index (κ3) is 1.44. The molecule has 6 heteroatoms. The smallest absolute Gasteiger partial charge is 0.247 e. The lowest BCUT2D eigenvalue weighted by atomic mass is 10.3. The van der Waals surface area contributed by atoms with E-state index in [1.807, 2.05) is 0 Å². The zero-order valence-electron chi connectivity index (χ0n) is 6.93. The number of fused-ring (bicyclic) bond motifs is 1. The van der Waals surface area contributed by atoms with Gasteiger partial charge in [0.25, 0.3) is 0 Å². The number of hydrogen-bond acceptors (Lipinski definition) is 5. The Morgan fingerprint density at radius 1 is 1.46 bits per heavy atom. The summed E-state index contributed by atoms with van der Waals surface area (Å²) in [6.45, 7) is 0.541. The Morgan fingerprint density at radius 2 is 2.23 bits per heavy atom. The normalized spacial score (nSPS) is 14.5. The molecule has 1 aromatic heterocycles. The molecule has 1 aromatic rings. The van der Waals surface area contributed by atoms with Crippen molar-refractivity contribution >= 4 is 16.1 Å². The third-order valence-corrected chi connectivity index (χ3v) is 2.54. The highest BCUT2D eigenvalue weighted by Gasteiger charge is 2.15. The molecule has 1 aliphatic heterocycles. The molecule has 0 unspecified atom stereocenters. The Morgan fingerprint density at radius 3 is 2.92 bits per heavy atom. The van der Waals surface area contributed by atoms with Crippen molar-refractivity contribution in [1.82, 2.24) is 9.97 Å². The third-order valence-electron chi connectivity index (χ3n) is 1.68. The average molecular weight is 197 g/mol. The molecule has 0 bridgehead atoms. The molecule has 5 nitrogen and oxygen atoms in total. The van der Waals surface area contributed by atoms with Crippen LogP contribution >= 0.6 is 0 Å². The lowest BCUT2D eigenvalue weighted by Crippen LogP contribution is -2.06. The summed E-state index contributed by atoms with van der Waals surface area (Å²) in [5, 5.41) is -0.139. The monoisotopic (exact) mass is 197 g/mol. The largest absolute Gasteiger partial charge is 0.286 e. The first kappa shape index (κ1) is 8.31. The molecule has 0 aliphatic carbocycles. The first-order valence-corrected chi connectivity index (χ1v) is 5.52. The Bertz CT molecular complexity index is 479. The summed E-state index contributed by atoms with van der Waals surface area (Å²) in [7, 11) is -3.31. The summed E-state index contributed by atoms with van der Waals surface area (Å²) in [5.74, 6) is 0. The van der Waals surface area contributed by atoms with Crippen molar-refractivity contribution in [2.24, 2.45) is 4.99 Å². The number of hydrogen-bond donors (Lipinski definition) is 0. The van der Waals surface area contributed by atoms with Crippen LogP contribution in [-0.4, -0.2) is 30.9 Å². The molecule has 0 aromatic carbocycles. The van der Waals surface area contributed by atoms with Gasteiger partial charge in [-0.25, -0.2) is 18.4 Å².